The highest BCUT2D eigenvalue weighted by Gasteiger charge is 2.43. The van der Waals surface area contributed by atoms with E-state index >= 15 is 0 Å². The van der Waals surface area contributed by atoms with Gasteiger partial charge in [-0.1, -0.05) is 30.3 Å². The average molecular weight is 448 g/mol. The van der Waals surface area contributed by atoms with Crippen molar-refractivity contribution in [1.29, 1.82) is 0 Å². The molecule has 0 atom stereocenters. The fourth-order valence-corrected chi connectivity index (χ4v) is 3.75. The number of nitrogens with zero attached hydrogens (tertiary/aromatic N) is 1. The van der Waals surface area contributed by atoms with Gasteiger partial charge in [0.15, 0.2) is 0 Å². The predicted molar refractivity (Wildman–Crippen MR) is 107 cm³/mol. The zero-order chi connectivity index (χ0) is 17.9. The number of rotatable bonds is 3. The third kappa shape index (κ3) is 3.86. The first-order valence-electron chi connectivity index (χ1n) is 8.39. The van der Waals surface area contributed by atoms with Gasteiger partial charge in [-0.3, -0.25) is 9.59 Å². The van der Waals surface area contributed by atoms with Crippen LogP contribution in [0.1, 0.15) is 25.3 Å². The fraction of sp³-hybridized carbons (Fsp3) is 0.300. The molecule has 130 valence electrons. The van der Waals surface area contributed by atoms with Crippen molar-refractivity contribution >= 4 is 40.1 Å². The summed E-state index contributed by atoms with van der Waals surface area (Å²) >= 11 is 2.24. The Morgan fingerprint density at radius 3 is 2.16 bits per heavy atom. The van der Waals surface area contributed by atoms with Crippen molar-refractivity contribution in [3.8, 4) is 0 Å². The molecule has 0 aromatic heterocycles. The molecule has 0 saturated carbocycles. The van der Waals surface area contributed by atoms with Gasteiger partial charge < -0.3 is 10.2 Å². The third-order valence-corrected chi connectivity index (χ3v) is 5.64. The van der Waals surface area contributed by atoms with Crippen LogP contribution in [-0.2, 0) is 15.0 Å². The number of carbonyl (C=O) groups is 2. The second kappa shape index (κ2) is 7.56. The summed E-state index contributed by atoms with van der Waals surface area (Å²) < 4.78 is 1.13. The topological polar surface area (TPSA) is 49.4 Å². The summed E-state index contributed by atoms with van der Waals surface area (Å²) in [4.78, 5) is 26.7. The zero-order valence-corrected chi connectivity index (χ0v) is 16.3. The Balaban J connectivity index is 1.88. The molecule has 3 rings (SSSR count). The summed E-state index contributed by atoms with van der Waals surface area (Å²) in [5.41, 5.74) is 1.21. The van der Waals surface area contributed by atoms with E-state index in [1.165, 1.54) is 0 Å². The second-order valence-electron chi connectivity index (χ2n) is 6.42. The minimum atomic E-state index is -0.601. The lowest BCUT2D eigenvalue weighted by Gasteiger charge is -2.40. The number of hydrogen-bond acceptors (Lipinski definition) is 2. The number of likely N-dealkylation sites (tertiary alicyclic amines) is 1. The summed E-state index contributed by atoms with van der Waals surface area (Å²) in [5.74, 6) is 0.0721. The van der Waals surface area contributed by atoms with Crippen LogP contribution in [0.15, 0.2) is 54.6 Å². The Bertz CT molecular complexity index is 751. The van der Waals surface area contributed by atoms with Crippen LogP contribution in [0.2, 0.25) is 0 Å². The largest absolute Gasteiger partial charge is 0.343 e. The van der Waals surface area contributed by atoms with Gasteiger partial charge >= 0.3 is 0 Å². The molecular weight excluding hydrogens is 427 g/mol. The maximum absolute atomic E-state index is 13.2. The first-order chi connectivity index (χ1) is 12.0. The Morgan fingerprint density at radius 1 is 1.00 bits per heavy atom. The van der Waals surface area contributed by atoms with E-state index < -0.39 is 5.41 Å². The van der Waals surface area contributed by atoms with Crippen LogP contribution >= 0.6 is 22.6 Å². The maximum atomic E-state index is 13.2. The minimum Gasteiger partial charge on any atom is -0.343 e. The Morgan fingerprint density at radius 2 is 1.60 bits per heavy atom. The summed E-state index contributed by atoms with van der Waals surface area (Å²) in [7, 11) is 0. The lowest BCUT2D eigenvalue weighted by atomic mass is 9.72. The molecule has 1 fully saturated rings. The van der Waals surface area contributed by atoms with E-state index in [9.17, 15) is 9.59 Å². The van der Waals surface area contributed by atoms with Crippen LogP contribution < -0.4 is 5.32 Å². The SMILES string of the molecule is CC(=O)N1CCC(C(=O)Nc2ccc(I)cc2)(c2ccccc2)CC1. The number of nitrogens with one attached hydrogen (secondary N) is 1. The molecule has 1 N–H and O–H groups in total. The van der Waals surface area contributed by atoms with Crippen LogP contribution in [0.5, 0.6) is 0 Å². The van der Waals surface area contributed by atoms with Crippen LogP contribution in [-0.4, -0.2) is 29.8 Å². The van der Waals surface area contributed by atoms with Crippen molar-refractivity contribution in [1.82, 2.24) is 4.90 Å². The van der Waals surface area contributed by atoms with Crippen molar-refractivity contribution in [2.75, 3.05) is 18.4 Å². The monoisotopic (exact) mass is 448 g/mol. The molecule has 0 radical (unpaired) electrons. The van der Waals surface area contributed by atoms with Gasteiger partial charge in [-0.2, -0.15) is 0 Å². The molecule has 1 aliphatic rings. The fourth-order valence-electron chi connectivity index (χ4n) is 3.39. The summed E-state index contributed by atoms with van der Waals surface area (Å²) in [6.07, 6.45) is 1.26. The van der Waals surface area contributed by atoms with E-state index in [0.717, 1.165) is 14.8 Å². The number of benzene rings is 2. The average Bonchev–Trinajstić information content (AvgIpc) is 2.64. The van der Waals surface area contributed by atoms with Gasteiger partial charge in [-0.15, -0.1) is 0 Å². The summed E-state index contributed by atoms with van der Waals surface area (Å²) in [6.45, 7) is 2.79. The Hall–Kier alpha value is -1.89. The number of anilines is 1. The van der Waals surface area contributed by atoms with Crippen LogP contribution in [0.4, 0.5) is 5.69 Å². The molecule has 1 heterocycles. The molecule has 0 aliphatic carbocycles. The number of halogens is 1. The Kier molecular flexibility index (Phi) is 5.42. The van der Waals surface area contributed by atoms with E-state index in [2.05, 4.69) is 27.9 Å². The van der Waals surface area contributed by atoms with Crippen molar-refractivity contribution in [2.45, 2.75) is 25.2 Å². The van der Waals surface area contributed by atoms with E-state index in [0.29, 0.717) is 25.9 Å². The van der Waals surface area contributed by atoms with Gasteiger partial charge in [-0.05, 0) is 65.3 Å². The highest BCUT2D eigenvalue weighted by molar-refractivity contribution is 14.1. The number of piperidine rings is 1. The van der Waals surface area contributed by atoms with Crippen molar-refractivity contribution in [2.24, 2.45) is 0 Å². The van der Waals surface area contributed by atoms with Crippen LogP contribution in [0.3, 0.4) is 0 Å². The van der Waals surface area contributed by atoms with E-state index in [4.69, 9.17) is 0 Å². The summed E-state index contributed by atoms with van der Waals surface area (Å²) in [5, 5.41) is 3.08. The molecule has 0 spiro atoms. The smallest absolute Gasteiger partial charge is 0.235 e. The summed E-state index contributed by atoms with van der Waals surface area (Å²) in [6, 6.07) is 17.7. The quantitative estimate of drug-likeness (QED) is 0.727. The van der Waals surface area contributed by atoms with Crippen molar-refractivity contribution < 1.29 is 9.59 Å². The molecule has 4 nitrogen and oxygen atoms in total. The molecule has 2 aromatic carbocycles. The first-order valence-corrected chi connectivity index (χ1v) is 9.47. The molecule has 5 heteroatoms. The van der Waals surface area contributed by atoms with E-state index in [1.807, 2.05) is 59.5 Å². The molecular formula is C20H21IN2O2. The highest BCUT2D eigenvalue weighted by atomic mass is 127. The maximum Gasteiger partial charge on any atom is 0.235 e. The third-order valence-electron chi connectivity index (χ3n) is 4.93. The van der Waals surface area contributed by atoms with Gasteiger partial charge in [0, 0.05) is 29.3 Å². The lowest BCUT2D eigenvalue weighted by molar-refractivity contribution is -0.133. The van der Waals surface area contributed by atoms with Gasteiger partial charge in [0.05, 0.1) is 5.41 Å². The zero-order valence-electron chi connectivity index (χ0n) is 14.2. The molecule has 1 saturated heterocycles. The molecule has 2 amide bonds. The molecule has 0 bridgehead atoms. The van der Waals surface area contributed by atoms with Gasteiger partial charge in [0.1, 0.15) is 0 Å². The van der Waals surface area contributed by atoms with Crippen LogP contribution in [0, 0.1) is 3.57 Å². The first kappa shape index (κ1) is 17.9. The molecule has 0 unspecified atom stereocenters. The second-order valence-corrected chi connectivity index (χ2v) is 7.66. The van der Waals surface area contributed by atoms with Gasteiger partial charge in [-0.25, -0.2) is 0 Å². The predicted octanol–water partition coefficient (Wildman–Crippen LogP) is 3.81. The molecule has 25 heavy (non-hydrogen) atoms. The van der Waals surface area contributed by atoms with Crippen molar-refractivity contribution in [3.05, 3.63) is 63.7 Å². The van der Waals surface area contributed by atoms with Crippen molar-refractivity contribution in [3.63, 3.8) is 0 Å². The standard InChI is InChI=1S/C20H21IN2O2/c1-15(24)23-13-11-20(12-14-23,16-5-3-2-4-6-16)19(25)22-18-9-7-17(21)8-10-18/h2-10H,11-14H2,1H3,(H,22,25). The van der Waals surface area contributed by atoms with E-state index in [1.54, 1.807) is 6.92 Å². The molecule has 2 aromatic rings. The van der Waals surface area contributed by atoms with E-state index in [-0.39, 0.29) is 11.8 Å². The number of hydrogen-bond donors (Lipinski definition) is 1. The highest BCUT2D eigenvalue weighted by Crippen LogP contribution is 2.37. The van der Waals surface area contributed by atoms with Gasteiger partial charge in [0.25, 0.3) is 0 Å². The minimum absolute atomic E-state index is 0.00288. The lowest BCUT2D eigenvalue weighted by Crippen LogP contribution is -2.50. The van der Waals surface area contributed by atoms with Gasteiger partial charge in [0.2, 0.25) is 11.8 Å². The normalized spacial score (nSPS) is 16.3. The Labute approximate surface area is 161 Å². The molecule has 1 aliphatic heterocycles. The number of amides is 2. The van der Waals surface area contributed by atoms with Crippen LogP contribution in [0.25, 0.3) is 0 Å². The number of carbonyl (C=O) groups excluding carboxylic acids is 2.